The van der Waals surface area contributed by atoms with Crippen molar-refractivity contribution in [1.29, 1.82) is 0 Å². The molecule has 0 saturated heterocycles. The lowest BCUT2D eigenvalue weighted by Gasteiger charge is -2.29. The fourth-order valence-electron chi connectivity index (χ4n) is 2.28. The van der Waals surface area contributed by atoms with Crippen molar-refractivity contribution in [2.45, 2.75) is 20.3 Å². The highest BCUT2D eigenvalue weighted by molar-refractivity contribution is 7.86. The highest BCUT2D eigenvalue weighted by Gasteiger charge is 2.20. The Bertz CT molecular complexity index is 943. The zero-order chi connectivity index (χ0) is 28.1. The SMILES string of the molecule is C=C(C)C(=O)OCC[N+](C)(C)CCCS(=O)(=O)O.C=C(C)C(=O)OCC[N+](C)(C)CCS(=O)(=O)O.[OH-].[OH-]. The fourth-order valence-corrected chi connectivity index (χ4v) is 3.50. The van der Waals surface area contributed by atoms with Crippen molar-refractivity contribution in [2.75, 3.05) is 79.1 Å². The van der Waals surface area contributed by atoms with Gasteiger partial charge in [0.2, 0.25) is 0 Å². The molecule has 0 atom stereocenters. The van der Waals surface area contributed by atoms with Gasteiger partial charge in [-0.15, -0.1) is 0 Å². The molecular formula is C21H44N2O12S2. The largest absolute Gasteiger partial charge is 0.870 e. The predicted molar refractivity (Wildman–Crippen MR) is 137 cm³/mol. The van der Waals surface area contributed by atoms with Gasteiger partial charge in [-0.3, -0.25) is 9.11 Å². The molecule has 0 aromatic rings. The Morgan fingerprint density at radius 1 is 0.676 bits per heavy atom. The summed E-state index contributed by atoms with van der Waals surface area (Å²) in [4.78, 5) is 22.2. The number of ether oxygens (including phenoxy) is 2. The first-order chi connectivity index (χ1) is 15.6. The van der Waals surface area contributed by atoms with Gasteiger partial charge in [0.05, 0.1) is 47.0 Å². The van der Waals surface area contributed by atoms with Crippen LogP contribution in [-0.2, 0) is 39.3 Å². The Kier molecular flexibility index (Phi) is 20.9. The van der Waals surface area contributed by atoms with Crippen LogP contribution in [0, 0.1) is 0 Å². The summed E-state index contributed by atoms with van der Waals surface area (Å²) in [7, 11) is -0.463. The second kappa shape index (κ2) is 18.4. The average Bonchev–Trinajstić information content (AvgIpc) is 2.64. The van der Waals surface area contributed by atoms with E-state index < -0.39 is 32.2 Å². The van der Waals surface area contributed by atoms with Crippen LogP contribution >= 0.6 is 0 Å². The molecule has 0 amide bonds. The van der Waals surface area contributed by atoms with Gasteiger partial charge >= 0.3 is 11.9 Å². The molecule has 0 aliphatic heterocycles. The number of hydrogen-bond donors (Lipinski definition) is 2. The van der Waals surface area contributed by atoms with Crippen LogP contribution in [0.5, 0.6) is 0 Å². The van der Waals surface area contributed by atoms with Gasteiger partial charge in [0, 0.05) is 17.6 Å². The third-order valence-electron chi connectivity index (χ3n) is 4.68. The third-order valence-corrected chi connectivity index (χ3v) is 6.18. The van der Waals surface area contributed by atoms with Crippen LogP contribution < -0.4 is 0 Å². The van der Waals surface area contributed by atoms with E-state index >= 15 is 0 Å². The van der Waals surface area contributed by atoms with E-state index in [1.807, 2.05) is 14.1 Å². The Morgan fingerprint density at radius 3 is 1.30 bits per heavy atom. The highest BCUT2D eigenvalue weighted by Crippen LogP contribution is 2.02. The van der Waals surface area contributed by atoms with Crippen molar-refractivity contribution >= 4 is 32.2 Å². The van der Waals surface area contributed by atoms with E-state index in [1.165, 1.54) is 0 Å². The molecule has 0 rings (SSSR count). The molecule has 0 bridgehead atoms. The average molecular weight is 581 g/mol. The van der Waals surface area contributed by atoms with E-state index in [0.717, 1.165) is 0 Å². The Morgan fingerprint density at radius 2 is 1.00 bits per heavy atom. The Balaban J connectivity index is -0.000000280. The minimum Gasteiger partial charge on any atom is -0.870 e. The molecule has 0 aliphatic rings. The quantitative estimate of drug-likeness (QED) is 0.115. The monoisotopic (exact) mass is 580 g/mol. The van der Waals surface area contributed by atoms with Gasteiger partial charge in [-0.25, -0.2) is 9.59 Å². The van der Waals surface area contributed by atoms with Crippen molar-refractivity contribution in [1.82, 2.24) is 0 Å². The first-order valence-corrected chi connectivity index (χ1v) is 14.0. The van der Waals surface area contributed by atoms with E-state index in [-0.39, 0.29) is 42.2 Å². The van der Waals surface area contributed by atoms with E-state index in [0.29, 0.717) is 46.2 Å². The standard InChI is InChI=1S/C11H21NO5S.C10H19NO5S.2H2O/c1-10(2)11(13)17-8-7-12(3,4)6-5-9-18(14,15)16;1-9(2)10(12)16-7-5-11(3,4)6-8-17(13,14)15;;/h1,5-9H2,2-4H3;1,5-8H2,2-4H3;2*1H2. The maximum atomic E-state index is 11.1. The number of carbonyl (C=O) groups is 2. The molecule has 16 heteroatoms. The number of nitrogens with zero attached hydrogens (tertiary/aromatic N) is 2. The van der Waals surface area contributed by atoms with Crippen molar-refractivity contribution in [2.24, 2.45) is 0 Å². The molecule has 4 N–H and O–H groups in total. The lowest BCUT2D eigenvalue weighted by atomic mass is 10.3. The molecule has 222 valence electrons. The number of esters is 2. The smallest absolute Gasteiger partial charge is 0.333 e. The summed E-state index contributed by atoms with van der Waals surface area (Å²) in [5.74, 6) is -1.44. The number of rotatable bonds is 15. The Hall–Kier alpha value is -1.92. The molecule has 14 nitrogen and oxygen atoms in total. The topological polar surface area (TPSA) is 221 Å². The van der Waals surface area contributed by atoms with Crippen LogP contribution in [0.2, 0.25) is 0 Å². The number of quaternary nitrogens is 2. The first kappa shape index (κ1) is 42.2. The number of likely N-dealkylation sites (N-methyl/N-ethyl adjacent to an activating group) is 2. The minimum atomic E-state index is -3.95. The van der Waals surface area contributed by atoms with Gasteiger partial charge in [-0.2, -0.15) is 16.8 Å². The molecule has 0 fully saturated rings. The molecule has 0 aromatic heterocycles. The lowest BCUT2D eigenvalue weighted by molar-refractivity contribution is -0.890. The minimum absolute atomic E-state index is 0. The van der Waals surface area contributed by atoms with Gasteiger partial charge in [-0.05, 0) is 13.8 Å². The van der Waals surface area contributed by atoms with E-state index in [1.54, 1.807) is 27.9 Å². The van der Waals surface area contributed by atoms with Gasteiger partial charge < -0.3 is 29.4 Å². The summed E-state index contributed by atoms with van der Waals surface area (Å²) in [6.07, 6.45) is 0.361. The van der Waals surface area contributed by atoms with Crippen LogP contribution in [0.1, 0.15) is 20.3 Å². The van der Waals surface area contributed by atoms with Gasteiger partial charge in [0.15, 0.2) is 0 Å². The third kappa shape index (κ3) is 28.5. The van der Waals surface area contributed by atoms with E-state index in [2.05, 4.69) is 13.2 Å². The molecular weight excluding hydrogens is 536 g/mol. The van der Waals surface area contributed by atoms with Crippen molar-refractivity contribution in [3.8, 4) is 0 Å². The van der Waals surface area contributed by atoms with Gasteiger partial charge in [0.1, 0.15) is 32.1 Å². The van der Waals surface area contributed by atoms with Crippen LogP contribution in [0.15, 0.2) is 24.3 Å². The van der Waals surface area contributed by atoms with Gasteiger partial charge in [0.25, 0.3) is 20.2 Å². The summed E-state index contributed by atoms with van der Waals surface area (Å²) in [5, 5.41) is 0. The second-order valence-corrected chi connectivity index (χ2v) is 12.7. The van der Waals surface area contributed by atoms with Gasteiger partial charge in [-0.1, -0.05) is 13.2 Å². The molecule has 0 radical (unpaired) electrons. The lowest BCUT2D eigenvalue weighted by Crippen LogP contribution is -2.45. The highest BCUT2D eigenvalue weighted by atomic mass is 32.2. The van der Waals surface area contributed by atoms with E-state index in [9.17, 15) is 26.4 Å². The molecule has 0 spiro atoms. The summed E-state index contributed by atoms with van der Waals surface area (Å²) in [5.41, 5.74) is 0.680. The van der Waals surface area contributed by atoms with E-state index in [4.69, 9.17) is 18.6 Å². The fraction of sp³-hybridized carbons (Fsp3) is 0.714. The number of hydrogen-bond acceptors (Lipinski definition) is 10. The summed E-state index contributed by atoms with van der Waals surface area (Å²) in [6, 6.07) is 0. The molecule has 0 saturated carbocycles. The maximum Gasteiger partial charge on any atom is 0.333 e. The predicted octanol–water partition coefficient (Wildman–Crippen LogP) is 0.176. The summed E-state index contributed by atoms with van der Waals surface area (Å²) >= 11 is 0. The normalized spacial score (nSPS) is 11.6. The molecule has 0 aliphatic carbocycles. The molecule has 0 unspecified atom stereocenters. The Labute approximate surface area is 220 Å². The van der Waals surface area contributed by atoms with Crippen LogP contribution in [0.3, 0.4) is 0 Å². The zero-order valence-electron chi connectivity index (χ0n) is 22.5. The second-order valence-electron chi connectivity index (χ2n) is 9.52. The summed E-state index contributed by atoms with van der Waals surface area (Å²) < 4.78 is 70.3. The first-order valence-electron chi connectivity index (χ1n) is 10.8. The molecule has 37 heavy (non-hydrogen) atoms. The molecule has 0 heterocycles. The van der Waals surface area contributed by atoms with Crippen molar-refractivity contribution in [3.63, 3.8) is 0 Å². The summed E-state index contributed by atoms with van der Waals surface area (Å²) in [6.45, 7) is 12.4. The van der Waals surface area contributed by atoms with Crippen LogP contribution in [-0.4, -0.2) is 137 Å². The van der Waals surface area contributed by atoms with Crippen LogP contribution in [0.4, 0.5) is 0 Å². The maximum absolute atomic E-state index is 11.1. The number of carbonyl (C=O) groups excluding carboxylic acids is 2. The van der Waals surface area contributed by atoms with Crippen molar-refractivity contribution in [3.05, 3.63) is 24.3 Å². The van der Waals surface area contributed by atoms with Crippen molar-refractivity contribution < 1.29 is 64.9 Å². The zero-order valence-corrected chi connectivity index (χ0v) is 24.2. The van der Waals surface area contributed by atoms with Crippen LogP contribution in [0.25, 0.3) is 0 Å². The molecule has 0 aromatic carbocycles.